The molecule has 3 rings (SSSR count). The summed E-state index contributed by atoms with van der Waals surface area (Å²) in [6.45, 7) is 0.541. The van der Waals surface area contributed by atoms with Crippen LogP contribution in [0.5, 0.6) is 0 Å². The van der Waals surface area contributed by atoms with Gasteiger partial charge in [0.2, 0.25) is 10.0 Å². The average Bonchev–Trinajstić information content (AvgIpc) is 2.68. The Morgan fingerprint density at radius 2 is 1.67 bits per heavy atom. The van der Waals surface area contributed by atoms with Gasteiger partial charge in [-0.1, -0.05) is 36.8 Å². The highest BCUT2D eigenvalue weighted by Gasteiger charge is 2.33. The highest BCUT2D eigenvalue weighted by Crippen LogP contribution is 2.28. The molecule has 0 N–H and O–H groups in total. The molecule has 1 aliphatic rings. The van der Waals surface area contributed by atoms with E-state index in [-0.39, 0.29) is 10.9 Å². The Kier molecular flexibility index (Phi) is 8.64. The third-order valence-corrected chi connectivity index (χ3v) is 6.57. The van der Waals surface area contributed by atoms with Crippen LogP contribution in [0, 0.1) is 5.82 Å². The third kappa shape index (κ3) is 6.25. The quantitative estimate of drug-likeness (QED) is 0.726. The fourth-order valence-electron chi connectivity index (χ4n) is 3.30. The van der Waals surface area contributed by atoms with E-state index in [9.17, 15) is 12.8 Å². The minimum atomic E-state index is -3.57. The number of rotatable bonds is 5. The Balaban J connectivity index is 0.000000817. The first-order valence-corrected chi connectivity index (χ1v) is 9.83. The Morgan fingerprint density at radius 1 is 1.04 bits per heavy atom. The van der Waals surface area contributed by atoms with E-state index < -0.39 is 15.8 Å². The molecule has 1 heterocycles. The van der Waals surface area contributed by atoms with E-state index >= 15 is 0 Å². The molecule has 1 atom stereocenters. The number of hydrogen-bond donors (Lipinski definition) is 0. The summed E-state index contributed by atoms with van der Waals surface area (Å²) >= 11 is 0. The van der Waals surface area contributed by atoms with Crippen molar-refractivity contribution < 1.29 is 12.8 Å². The first-order valence-electron chi connectivity index (χ1n) is 8.39. The number of nitrogens with zero attached hydrogens (tertiary/aromatic N) is 1. The Hall–Kier alpha value is -1.53. The lowest BCUT2D eigenvalue weighted by atomic mass is 9.40. The van der Waals surface area contributed by atoms with Crippen LogP contribution in [0.15, 0.2) is 59.5 Å². The molecule has 0 saturated carbocycles. The van der Waals surface area contributed by atoms with Crippen LogP contribution in [-0.2, 0) is 16.4 Å². The van der Waals surface area contributed by atoms with E-state index in [4.69, 9.17) is 0 Å². The molecule has 0 bridgehead atoms. The van der Waals surface area contributed by atoms with Crippen LogP contribution in [0.3, 0.4) is 0 Å². The first kappa shape index (κ1) is 21.8. The van der Waals surface area contributed by atoms with E-state index in [0.29, 0.717) is 6.54 Å². The normalized spacial score (nSPS) is 17.7. The average molecular weight is 386 g/mol. The number of hydrogen-bond acceptors (Lipinski definition) is 2. The highest BCUT2D eigenvalue weighted by molar-refractivity contribution is 7.89. The molecule has 27 heavy (non-hydrogen) atoms. The van der Waals surface area contributed by atoms with Gasteiger partial charge in [0.1, 0.15) is 5.82 Å². The summed E-state index contributed by atoms with van der Waals surface area (Å²) in [6.07, 6.45) is 4.48. The lowest BCUT2D eigenvalue weighted by Crippen LogP contribution is -2.43. The summed E-state index contributed by atoms with van der Waals surface area (Å²) in [7, 11) is 0.434. The SMILES string of the molecule is O=S(=O)(c1ccc(F)cc1)N1CCCCC1CCc1ccccc1.[BH3-][B][BH3-]. The van der Waals surface area contributed by atoms with Gasteiger partial charge in [-0.05, 0) is 55.5 Å². The molecule has 0 aliphatic carbocycles. The molecule has 1 radical (unpaired) electrons. The van der Waals surface area contributed by atoms with Crippen LogP contribution in [0.1, 0.15) is 31.2 Å². The maximum absolute atomic E-state index is 13.1. The molecule has 145 valence electrons. The maximum Gasteiger partial charge on any atom is 0.243 e. The molecular formula is C19H28B3FNO2S-2. The van der Waals surface area contributed by atoms with Crippen LogP contribution in [0.4, 0.5) is 4.39 Å². The van der Waals surface area contributed by atoms with Gasteiger partial charge in [-0.2, -0.15) is 4.31 Å². The standard InChI is InChI=1S/C19H22FNO2S.B3H6/c20-17-10-13-19(14-11-17)24(22,23)21-15-5-4-8-18(21)12-9-16-6-2-1-3-7-16;1-3-2/h1-3,6-7,10-11,13-14,18H,4-5,8-9,12,15H2;1-2H3/q;-2. The number of sulfonamides is 1. The van der Waals surface area contributed by atoms with Gasteiger partial charge >= 0.3 is 0 Å². The second-order valence-corrected chi connectivity index (χ2v) is 8.13. The largest absolute Gasteiger partial charge is 0.321 e. The van der Waals surface area contributed by atoms with Gasteiger partial charge in [0.05, 0.1) is 4.90 Å². The van der Waals surface area contributed by atoms with Crippen molar-refractivity contribution >= 4 is 32.6 Å². The van der Waals surface area contributed by atoms with Crippen molar-refractivity contribution in [3.63, 3.8) is 0 Å². The molecule has 1 unspecified atom stereocenters. The topological polar surface area (TPSA) is 37.4 Å². The van der Waals surface area contributed by atoms with E-state index in [0.717, 1.165) is 47.6 Å². The summed E-state index contributed by atoms with van der Waals surface area (Å²) in [5.74, 6) is -0.423. The van der Waals surface area contributed by atoms with Gasteiger partial charge in [-0.15, -0.1) is 15.5 Å². The predicted octanol–water partition coefficient (Wildman–Crippen LogP) is 1.25. The molecular weight excluding hydrogens is 358 g/mol. The van der Waals surface area contributed by atoms with Crippen molar-refractivity contribution in [2.75, 3.05) is 6.54 Å². The van der Waals surface area contributed by atoms with Gasteiger partial charge in [0.15, 0.2) is 0 Å². The second-order valence-electron chi connectivity index (χ2n) is 6.24. The fraction of sp³-hybridized carbons (Fsp3) is 0.368. The summed E-state index contributed by atoms with van der Waals surface area (Å²) in [4.78, 5) is 0.176. The molecule has 2 aromatic rings. The highest BCUT2D eigenvalue weighted by atomic mass is 32.2. The predicted molar refractivity (Wildman–Crippen MR) is 118 cm³/mol. The van der Waals surface area contributed by atoms with E-state index in [1.807, 2.05) is 18.2 Å². The van der Waals surface area contributed by atoms with Gasteiger partial charge < -0.3 is 7.06 Å². The minimum Gasteiger partial charge on any atom is -0.321 e. The molecule has 1 saturated heterocycles. The number of benzene rings is 2. The summed E-state index contributed by atoms with van der Waals surface area (Å²) in [5.41, 5.74) is 1.22. The van der Waals surface area contributed by atoms with Crippen molar-refractivity contribution in [2.24, 2.45) is 0 Å². The first-order chi connectivity index (χ1) is 13.0. The third-order valence-electron chi connectivity index (χ3n) is 4.60. The molecule has 1 aliphatic heterocycles. The Bertz CT molecular complexity index is 788. The number of aryl methyl sites for hydroxylation is 1. The molecule has 2 aromatic carbocycles. The Labute approximate surface area is 165 Å². The molecule has 0 amide bonds. The molecule has 0 aromatic heterocycles. The zero-order chi connectivity index (χ0) is 19.7. The van der Waals surface area contributed by atoms with Gasteiger partial charge in [-0.25, -0.2) is 12.8 Å². The van der Waals surface area contributed by atoms with Crippen LogP contribution >= 0.6 is 0 Å². The zero-order valence-corrected chi connectivity index (χ0v) is 15.0. The lowest BCUT2D eigenvalue weighted by molar-refractivity contribution is 0.241. The van der Waals surface area contributed by atoms with Gasteiger partial charge in [-0.3, -0.25) is 0 Å². The van der Waals surface area contributed by atoms with Gasteiger partial charge in [0, 0.05) is 12.6 Å². The van der Waals surface area contributed by atoms with E-state index in [1.165, 1.54) is 29.8 Å². The van der Waals surface area contributed by atoms with Crippen molar-refractivity contribution in [1.82, 2.24) is 4.31 Å². The van der Waals surface area contributed by atoms with E-state index in [1.54, 1.807) is 4.31 Å². The smallest absolute Gasteiger partial charge is 0.243 e. The van der Waals surface area contributed by atoms with Crippen LogP contribution in [0.25, 0.3) is 0 Å². The number of halogens is 1. The summed E-state index contributed by atoms with van der Waals surface area (Å²) in [6, 6.07) is 15.3. The van der Waals surface area contributed by atoms with Crippen molar-refractivity contribution in [3.05, 3.63) is 66.0 Å². The fourth-order valence-corrected chi connectivity index (χ4v) is 5.02. The van der Waals surface area contributed by atoms with Crippen molar-refractivity contribution in [1.29, 1.82) is 0 Å². The molecule has 8 heteroatoms. The van der Waals surface area contributed by atoms with E-state index in [2.05, 4.69) is 19.2 Å². The van der Waals surface area contributed by atoms with Crippen LogP contribution in [-0.4, -0.2) is 47.8 Å². The summed E-state index contributed by atoms with van der Waals surface area (Å²) < 4.78 is 40.6. The molecule has 0 spiro atoms. The van der Waals surface area contributed by atoms with Crippen molar-refractivity contribution in [3.8, 4) is 0 Å². The van der Waals surface area contributed by atoms with Crippen molar-refractivity contribution in [2.45, 2.75) is 43.0 Å². The zero-order valence-electron chi connectivity index (χ0n) is 14.1. The van der Waals surface area contributed by atoms with Gasteiger partial charge in [0.25, 0.3) is 0 Å². The molecule has 3 nitrogen and oxygen atoms in total. The lowest BCUT2D eigenvalue weighted by Gasteiger charge is -2.34. The Morgan fingerprint density at radius 3 is 2.30 bits per heavy atom. The molecule has 1 fully saturated rings. The minimum absolute atomic E-state index is 0.00834. The second kappa shape index (κ2) is 10.7. The summed E-state index contributed by atoms with van der Waals surface area (Å²) in [5, 5.41) is 0. The van der Waals surface area contributed by atoms with Crippen LogP contribution in [0.2, 0.25) is 0 Å². The monoisotopic (exact) mass is 386 g/mol. The van der Waals surface area contributed by atoms with Crippen LogP contribution < -0.4 is 0 Å². The number of piperidine rings is 1. The maximum atomic E-state index is 13.1.